The largest absolute Gasteiger partial charge is 0.467 e. The molecular formula is C5H8ClNO3. The van der Waals surface area contributed by atoms with Crippen molar-refractivity contribution in [3.63, 3.8) is 0 Å². The quantitative estimate of drug-likeness (QED) is 0.372. The van der Waals surface area contributed by atoms with Gasteiger partial charge in [0.2, 0.25) is 0 Å². The van der Waals surface area contributed by atoms with Crippen LogP contribution in [0.4, 0.5) is 0 Å². The Morgan fingerprint density at radius 1 is 1.80 bits per heavy atom. The van der Waals surface area contributed by atoms with E-state index in [-0.39, 0.29) is 6.61 Å². The van der Waals surface area contributed by atoms with Gasteiger partial charge in [0, 0.05) is 11.7 Å². The Hall–Kier alpha value is -0.740. The number of ether oxygens (including phenoxy) is 1. The Kier molecular flexibility index (Phi) is 5.91. The normalized spacial score (nSPS) is 9.80. The van der Waals surface area contributed by atoms with E-state index in [2.05, 4.69) is 15.1 Å². The number of hydrogen-bond donors (Lipinski definition) is 1. The molecule has 0 rings (SSSR count). The molecule has 0 aromatic rings. The van der Waals surface area contributed by atoms with Gasteiger partial charge in [-0.15, -0.1) is 0 Å². The van der Waals surface area contributed by atoms with Crippen LogP contribution in [-0.2, 0) is 14.4 Å². The maximum absolute atomic E-state index is 10.3. The number of halogens is 1. The van der Waals surface area contributed by atoms with Gasteiger partial charge in [0.15, 0.2) is 6.61 Å². The molecular weight excluding hydrogens is 158 g/mol. The van der Waals surface area contributed by atoms with Crippen molar-refractivity contribution in [3.8, 4) is 0 Å². The first-order valence-corrected chi connectivity index (χ1v) is 2.94. The predicted molar refractivity (Wildman–Crippen MR) is 36.1 cm³/mol. The lowest BCUT2D eigenvalue weighted by Crippen LogP contribution is -2.16. The van der Waals surface area contributed by atoms with Crippen molar-refractivity contribution in [2.75, 3.05) is 13.7 Å². The van der Waals surface area contributed by atoms with Gasteiger partial charge in [-0.25, -0.2) is 4.79 Å². The summed E-state index contributed by atoms with van der Waals surface area (Å²) in [5.74, 6) is -0.449. The standard InChI is InChI=1S/C5H8ClNO3/c1-9-5(8)4-10-7-3-2-6/h2-3,7H,4H2,1H3. The SMILES string of the molecule is COC(=O)CONC=CCl. The van der Waals surface area contributed by atoms with Crippen molar-refractivity contribution in [2.45, 2.75) is 0 Å². The summed E-state index contributed by atoms with van der Waals surface area (Å²) in [7, 11) is 1.28. The zero-order valence-corrected chi connectivity index (χ0v) is 6.22. The minimum absolute atomic E-state index is 0.141. The lowest BCUT2D eigenvalue weighted by atomic mass is 10.7. The number of carbonyl (C=O) groups excluding carboxylic acids is 1. The van der Waals surface area contributed by atoms with E-state index in [0.717, 1.165) is 0 Å². The summed E-state index contributed by atoms with van der Waals surface area (Å²) in [6.45, 7) is -0.141. The number of esters is 1. The van der Waals surface area contributed by atoms with E-state index in [1.807, 2.05) is 0 Å². The van der Waals surface area contributed by atoms with E-state index in [1.54, 1.807) is 0 Å². The molecule has 1 N–H and O–H groups in total. The fourth-order valence-electron chi connectivity index (χ4n) is 0.233. The van der Waals surface area contributed by atoms with Gasteiger partial charge in [0.05, 0.1) is 7.11 Å². The highest BCUT2D eigenvalue weighted by Crippen LogP contribution is 1.76. The van der Waals surface area contributed by atoms with Crippen LogP contribution < -0.4 is 5.48 Å². The fraction of sp³-hybridized carbons (Fsp3) is 0.400. The molecule has 0 unspecified atom stereocenters. The van der Waals surface area contributed by atoms with Gasteiger partial charge in [0.1, 0.15) is 0 Å². The molecule has 10 heavy (non-hydrogen) atoms. The lowest BCUT2D eigenvalue weighted by Gasteiger charge is -1.98. The molecule has 0 aliphatic carbocycles. The van der Waals surface area contributed by atoms with Gasteiger partial charge < -0.3 is 4.74 Å². The van der Waals surface area contributed by atoms with Gasteiger partial charge in [-0.2, -0.15) is 0 Å². The third kappa shape index (κ3) is 5.40. The molecule has 4 nitrogen and oxygen atoms in total. The van der Waals surface area contributed by atoms with Gasteiger partial charge in [-0.1, -0.05) is 11.6 Å². The second-order valence-electron chi connectivity index (χ2n) is 1.28. The summed E-state index contributed by atoms with van der Waals surface area (Å²) in [5.41, 5.74) is 3.51. The minimum atomic E-state index is -0.449. The number of hydroxylamine groups is 1. The van der Waals surface area contributed by atoms with Crippen molar-refractivity contribution >= 4 is 17.6 Å². The average molecular weight is 166 g/mol. The van der Waals surface area contributed by atoms with Crippen LogP contribution in [0.2, 0.25) is 0 Å². The highest BCUT2D eigenvalue weighted by molar-refractivity contribution is 6.25. The second-order valence-corrected chi connectivity index (χ2v) is 1.53. The molecule has 0 aromatic heterocycles. The average Bonchev–Trinajstić information content (AvgIpc) is 1.98. The first kappa shape index (κ1) is 9.26. The zero-order valence-electron chi connectivity index (χ0n) is 5.46. The van der Waals surface area contributed by atoms with Crippen molar-refractivity contribution in [3.05, 3.63) is 11.7 Å². The molecule has 0 saturated carbocycles. The molecule has 5 heteroatoms. The Labute approximate surface area is 63.7 Å². The van der Waals surface area contributed by atoms with Gasteiger partial charge in [0.25, 0.3) is 0 Å². The van der Waals surface area contributed by atoms with E-state index >= 15 is 0 Å². The molecule has 58 valence electrons. The van der Waals surface area contributed by atoms with E-state index < -0.39 is 5.97 Å². The van der Waals surface area contributed by atoms with Gasteiger partial charge in [-0.3, -0.25) is 10.3 Å². The predicted octanol–water partition coefficient (Wildman–Crippen LogP) is 0.391. The maximum atomic E-state index is 10.3. The highest BCUT2D eigenvalue weighted by atomic mass is 35.5. The molecule has 0 saturated heterocycles. The van der Waals surface area contributed by atoms with Crippen LogP contribution in [0.1, 0.15) is 0 Å². The Bertz CT molecular complexity index is 126. The molecule has 0 aliphatic rings. The van der Waals surface area contributed by atoms with E-state index in [4.69, 9.17) is 11.6 Å². The topological polar surface area (TPSA) is 47.6 Å². The third-order valence-electron chi connectivity index (χ3n) is 0.632. The molecule has 0 bridgehead atoms. The van der Waals surface area contributed by atoms with Crippen LogP contribution in [0, 0.1) is 0 Å². The van der Waals surface area contributed by atoms with Gasteiger partial charge in [-0.05, 0) is 0 Å². The smallest absolute Gasteiger partial charge is 0.334 e. The van der Waals surface area contributed by atoms with Crippen LogP contribution in [0.25, 0.3) is 0 Å². The number of carbonyl (C=O) groups is 1. The summed E-state index contributed by atoms with van der Waals surface area (Å²) in [6.07, 6.45) is 1.34. The summed E-state index contributed by atoms with van der Waals surface area (Å²) in [6, 6.07) is 0. The summed E-state index contributed by atoms with van der Waals surface area (Å²) in [4.78, 5) is 14.9. The molecule has 0 amide bonds. The monoisotopic (exact) mass is 165 g/mol. The highest BCUT2D eigenvalue weighted by Gasteiger charge is 1.96. The first-order chi connectivity index (χ1) is 4.81. The molecule has 0 radical (unpaired) electrons. The van der Waals surface area contributed by atoms with Crippen LogP contribution >= 0.6 is 11.6 Å². The van der Waals surface area contributed by atoms with Crippen molar-refractivity contribution in [1.29, 1.82) is 0 Å². The van der Waals surface area contributed by atoms with Gasteiger partial charge >= 0.3 is 5.97 Å². The van der Waals surface area contributed by atoms with Crippen LogP contribution in [-0.4, -0.2) is 19.7 Å². The zero-order chi connectivity index (χ0) is 7.82. The molecule has 0 aromatic carbocycles. The molecule has 0 aliphatic heterocycles. The number of nitrogens with one attached hydrogen (secondary N) is 1. The number of rotatable bonds is 4. The summed E-state index contributed by atoms with van der Waals surface area (Å²) < 4.78 is 4.27. The maximum Gasteiger partial charge on any atom is 0.334 e. The molecule has 0 fully saturated rings. The molecule has 0 spiro atoms. The molecule has 0 heterocycles. The van der Waals surface area contributed by atoms with E-state index in [1.165, 1.54) is 18.8 Å². The van der Waals surface area contributed by atoms with Crippen LogP contribution in [0.15, 0.2) is 11.7 Å². The van der Waals surface area contributed by atoms with Crippen LogP contribution in [0.5, 0.6) is 0 Å². The van der Waals surface area contributed by atoms with Crippen LogP contribution in [0.3, 0.4) is 0 Å². The van der Waals surface area contributed by atoms with Crippen molar-refractivity contribution in [2.24, 2.45) is 0 Å². The summed E-state index contributed by atoms with van der Waals surface area (Å²) in [5, 5.41) is 0. The Balaban J connectivity index is 3.11. The Morgan fingerprint density at radius 2 is 2.50 bits per heavy atom. The second kappa shape index (κ2) is 6.38. The minimum Gasteiger partial charge on any atom is -0.467 e. The Morgan fingerprint density at radius 3 is 3.00 bits per heavy atom. The number of methoxy groups -OCH3 is 1. The third-order valence-corrected chi connectivity index (χ3v) is 0.758. The molecule has 0 atom stereocenters. The summed E-state index contributed by atoms with van der Waals surface area (Å²) >= 11 is 5.11. The first-order valence-electron chi connectivity index (χ1n) is 2.50. The van der Waals surface area contributed by atoms with Crippen molar-refractivity contribution < 1.29 is 14.4 Å². The lowest BCUT2D eigenvalue weighted by molar-refractivity contribution is -0.147. The van der Waals surface area contributed by atoms with E-state index in [0.29, 0.717) is 0 Å². The fourth-order valence-corrected chi connectivity index (χ4v) is 0.285. The number of hydrogen-bond acceptors (Lipinski definition) is 4. The van der Waals surface area contributed by atoms with Crippen molar-refractivity contribution in [1.82, 2.24) is 5.48 Å². The van der Waals surface area contributed by atoms with E-state index in [9.17, 15) is 4.79 Å².